The van der Waals surface area contributed by atoms with Crippen molar-refractivity contribution < 1.29 is 14.4 Å². The Kier molecular flexibility index (Phi) is 4.38. The van der Waals surface area contributed by atoms with Crippen molar-refractivity contribution in [3.8, 4) is 0 Å². The van der Waals surface area contributed by atoms with Gasteiger partial charge in [0, 0.05) is 39.2 Å². The van der Waals surface area contributed by atoms with Crippen molar-refractivity contribution in [1.82, 2.24) is 15.7 Å². The molecule has 16 heavy (non-hydrogen) atoms. The van der Waals surface area contributed by atoms with Crippen molar-refractivity contribution >= 4 is 6.03 Å². The van der Waals surface area contributed by atoms with Gasteiger partial charge >= 0.3 is 6.03 Å². The van der Waals surface area contributed by atoms with Crippen molar-refractivity contribution in [1.29, 1.82) is 0 Å². The lowest BCUT2D eigenvalue weighted by Gasteiger charge is -2.28. The van der Waals surface area contributed by atoms with Gasteiger partial charge in [-0.25, -0.2) is 15.1 Å². The number of urea groups is 1. The standard InChI is InChI=1S/C10H19N3O3/c14-10(13-6-4-11-5-7-13)12-16-9-3-1-2-8-15-9/h9,11H,1-8H2,(H,12,14). The van der Waals surface area contributed by atoms with Gasteiger partial charge in [0.1, 0.15) is 0 Å². The van der Waals surface area contributed by atoms with E-state index in [4.69, 9.17) is 9.57 Å². The molecule has 0 aliphatic carbocycles. The molecule has 2 aliphatic heterocycles. The second kappa shape index (κ2) is 6.03. The van der Waals surface area contributed by atoms with Crippen LogP contribution in [0.5, 0.6) is 0 Å². The number of nitrogens with one attached hydrogen (secondary N) is 2. The molecule has 1 atom stereocenters. The van der Waals surface area contributed by atoms with E-state index in [2.05, 4.69) is 10.8 Å². The molecule has 0 bridgehead atoms. The first kappa shape index (κ1) is 11.6. The summed E-state index contributed by atoms with van der Waals surface area (Å²) in [5.41, 5.74) is 2.46. The summed E-state index contributed by atoms with van der Waals surface area (Å²) in [5.74, 6) is 0. The molecule has 0 aromatic rings. The minimum atomic E-state index is -0.277. The topological polar surface area (TPSA) is 62.8 Å². The van der Waals surface area contributed by atoms with E-state index in [1.54, 1.807) is 4.90 Å². The molecule has 0 radical (unpaired) electrons. The summed E-state index contributed by atoms with van der Waals surface area (Å²) in [6.07, 6.45) is 2.74. The number of ether oxygens (including phenoxy) is 1. The predicted molar refractivity (Wildman–Crippen MR) is 57.7 cm³/mol. The number of hydrogen-bond donors (Lipinski definition) is 2. The first-order valence-electron chi connectivity index (χ1n) is 5.89. The average Bonchev–Trinajstić information content (AvgIpc) is 2.38. The third-order valence-corrected chi connectivity index (χ3v) is 2.82. The molecule has 0 saturated carbocycles. The Morgan fingerprint density at radius 2 is 2.19 bits per heavy atom. The van der Waals surface area contributed by atoms with Crippen LogP contribution in [0.4, 0.5) is 4.79 Å². The summed E-state index contributed by atoms with van der Waals surface area (Å²) in [7, 11) is 0. The lowest BCUT2D eigenvalue weighted by atomic mass is 10.2. The monoisotopic (exact) mass is 229 g/mol. The number of piperazine rings is 1. The van der Waals surface area contributed by atoms with Gasteiger partial charge in [-0.2, -0.15) is 0 Å². The van der Waals surface area contributed by atoms with Crippen LogP contribution in [-0.4, -0.2) is 50.0 Å². The highest BCUT2D eigenvalue weighted by Gasteiger charge is 2.19. The van der Waals surface area contributed by atoms with Gasteiger partial charge in [-0.05, 0) is 12.8 Å². The Balaban J connectivity index is 1.65. The normalized spacial score (nSPS) is 26.5. The SMILES string of the molecule is O=C(NOC1CCCCO1)N1CCNCC1. The summed E-state index contributed by atoms with van der Waals surface area (Å²) < 4.78 is 5.35. The van der Waals surface area contributed by atoms with Crippen LogP contribution >= 0.6 is 0 Å². The molecule has 0 aromatic carbocycles. The number of rotatable bonds is 2. The minimum absolute atomic E-state index is 0.171. The molecule has 2 heterocycles. The lowest BCUT2D eigenvalue weighted by Crippen LogP contribution is -2.50. The second-order valence-corrected chi connectivity index (χ2v) is 4.06. The highest BCUT2D eigenvalue weighted by Crippen LogP contribution is 2.12. The Morgan fingerprint density at radius 3 is 2.88 bits per heavy atom. The van der Waals surface area contributed by atoms with Crippen LogP contribution in [0.3, 0.4) is 0 Å². The Labute approximate surface area is 95.2 Å². The summed E-state index contributed by atoms with van der Waals surface area (Å²) >= 11 is 0. The van der Waals surface area contributed by atoms with Crippen molar-refractivity contribution in [3.63, 3.8) is 0 Å². The van der Waals surface area contributed by atoms with Gasteiger partial charge in [-0.1, -0.05) is 0 Å². The maximum atomic E-state index is 11.6. The van der Waals surface area contributed by atoms with E-state index < -0.39 is 0 Å². The van der Waals surface area contributed by atoms with E-state index in [0.29, 0.717) is 6.61 Å². The minimum Gasteiger partial charge on any atom is -0.350 e. The molecule has 2 fully saturated rings. The van der Waals surface area contributed by atoms with E-state index in [-0.39, 0.29) is 12.3 Å². The predicted octanol–water partition coefficient (Wildman–Crippen LogP) is 0.0594. The van der Waals surface area contributed by atoms with E-state index in [1.165, 1.54) is 0 Å². The van der Waals surface area contributed by atoms with E-state index in [9.17, 15) is 4.79 Å². The number of hydrogen-bond acceptors (Lipinski definition) is 4. The van der Waals surface area contributed by atoms with Crippen LogP contribution in [0.2, 0.25) is 0 Å². The molecule has 2 aliphatic rings. The van der Waals surface area contributed by atoms with Crippen LogP contribution < -0.4 is 10.8 Å². The van der Waals surface area contributed by atoms with Crippen LogP contribution in [0.1, 0.15) is 19.3 Å². The van der Waals surface area contributed by atoms with Crippen molar-refractivity contribution in [2.45, 2.75) is 25.6 Å². The lowest BCUT2D eigenvalue weighted by molar-refractivity contribution is -0.187. The average molecular weight is 229 g/mol. The molecule has 92 valence electrons. The molecular weight excluding hydrogens is 210 g/mol. The van der Waals surface area contributed by atoms with Crippen LogP contribution in [0, 0.1) is 0 Å². The van der Waals surface area contributed by atoms with Crippen molar-refractivity contribution in [3.05, 3.63) is 0 Å². The first-order valence-corrected chi connectivity index (χ1v) is 5.89. The van der Waals surface area contributed by atoms with Gasteiger partial charge in [-0.15, -0.1) is 0 Å². The van der Waals surface area contributed by atoms with Crippen LogP contribution in [0.15, 0.2) is 0 Å². The zero-order chi connectivity index (χ0) is 11.2. The summed E-state index contributed by atoms with van der Waals surface area (Å²) in [5, 5.41) is 3.19. The number of carbonyl (C=O) groups is 1. The number of amides is 2. The first-order chi connectivity index (χ1) is 7.86. The third-order valence-electron chi connectivity index (χ3n) is 2.82. The third kappa shape index (κ3) is 3.33. The maximum absolute atomic E-state index is 11.6. The maximum Gasteiger partial charge on any atom is 0.341 e. The van der Waals surface area contributed by atoms with Gasteiger partial charge in [0.2, 0.25) is 0 Å². The molecule has 2 amide bonds. The summed E-state index contributed by atoms with van der Waals surface area (Å²) in [4.78, 5) is 18.6. The summed E-state index contributed by atoms with van der Waals surface area (Å²) in [6, 6.07) is -0.171. The molecule has 2 rings (SSSR count). The fourth-order valence-corrected chi connectivity index (χ4v) is 1.85. The molecule has 2 saturated heterocycles. The van der Waals surface area contributed by atoms with Gasteiger partial charge in [0.05, 0.1) is 0 Å². The van der Waals surface area contributed by atoms with Crippen molar-refractivity contribution in [2.75, 3.05) is 32.8 Å². The van der Waals surface area contributed by atoms with Gasteiger partial charge in [-0.3, -0.25) is 0 Å². The second-order valence-electron chi connectivity index (χ2n) is 4.06. The number of nitrogens with zero attached hydrogens (tertiary/aromatic N) is 1. The smallest absolute Gasteiger partial charge is 0.341 e. The van der Waals surface area contributed by atoms with Crippen LogP contribution in [-0.2, 0) is 9.57 Å². The highest BCUT2D eigenvalue weighted by atomic mass is 16.8. The number of hydroxylamine groups is 1. The van der Waals surface area contributed by atoms with Crippen molar-refractivity contribution in [2.24, 2.45) is 0 Å². The van der Waals surface area contributed by atoms with Gasteiger partial charge < -0.3 is 15.0 Å². The Morgan fingerprint density at radius 1 is 1.38 bits per heavy atom. The fourth-order valence-electron chi connectivity index (χ4n) is 1.85. The summed E-state index contributed by atoms with van der Waals surface area (Å²) in [6.45, 7) is 3.84. The molecular formula is C10H19N3O3. The Bertz CT molecular complexity index is 225. The Hall–Kier alpha value is -0.850. The van der Waals surface area contributed by atoms with E-state index in [1.807, 2.05) is 0 Å². The molecule has 0 aromatic heterocycles. The zero-order valence-corrected chi connectivity index (χ0v) is 9.41. The van der Waals surface area contributed by atoms with Crippen LogP contribution in [0.25, 0.3) is 0 Å². The molecule has 1 unspecified atom stereocenters. The van der Waals surface area contributed by atoms with Gasteiger partial charge in [0.25, 0.3) is 0 Å². The molecule has 6 nitrogen and oxygen atoms in total. The zero-order valence-electron chi connectivity index (χ0n) is 9.41. The van der Waals surface area contributed by atoms with E-state index in [0.717, 1.165) is 45.4 Å². The largest absolute Gasteiger partial charge is 0.350 e. The molecule has 0 spiro atoms. The fraction of sp³-hybridized carbons (Fsp3) is 0.900. The molecule has 2 N–H and O–H groups in total. The highest BCUT2D eigenvalue weighted by molar-refractivity contribution is 5.73. The quantitative estimate of drug-likeness (QED) is 0.657. The number of carbonyl (C=O) groups excluding carboxylic acids is 1. The van der Waals surface area contributed by atoms with E-state index >= 15 is 0 Å². The van der Waals surface area contributed by atoms with Gasteiger partial charge in [0.15, 0.2) is 6.29 Å². The molecule has 6 heteroatoms.